The third-order valence-corrected chi connectivity index (χ3v) is 6.95. The summed E-state index contributed by atoms with van der Waals surface area (Å²) in [5.74, 6) is 0.00183. The summed E-state index contributed by atoms with van der Waals surface area (Å²) in [5.41, 5.74) is 0.920. The maximum Gasteiger partial charge on any atom is 0.243 e. The van der Waals surface area contributed by atoms with Gasteiger partial charge in [-0.1, -0.05) is 19.1 Å². The van der Waals surface area contributed by atoms with E-state index < -0.39 is 15.8 Å². The second kappa shape index (κ2) is 8.35. The molecule has 1 fully saturated rings. The van der Waals surface area contributed by atoms with Gasteiger partial charge in [-0.2, -0.15) is 4.31 Å². The first kappa shape index (κ1) is 19.8. The second-order valence-electron chi connectivity index (χ2n) is 6.94. The zero-order valence-electron chi connectivity index (χ0n) is 15.6. The molecule has 1 unspecified atom stereocenters. The molecule has 1 aromatic carbocycles. The van der Waals surface area contributed by atoms with Crippen molar-refractivity contribution < 1.29 is 17.5 Å². The van der Waals surface area contributed by atoms with Gasteiger partial charge in [0.1, 0.15) is 5.82 Å². The Balaban J connectivity index is 1.77. The van der Waals surface area contributed by atoms with E-state index in [0.717, 1.165) is 24.6 Å². The first-order chi connectivity index (χ1) is 12.9. The fourth-order valence-electron chi connectivity index (χ4n) is 3.68. The van der Waals surface area contributed by atoms with E-state index in [1.807, 2.05) is 19.9 Å². The predicted octanol–water partition coefficient (Wildman–Crippen LogP) is 3.79. The molecule has 0 saturated carbocycles. The van der Waals surface area contributed by atoms with Crippen LogP contribution in [0.3, 0.4) is 0 Å². The fourth-order valence-corrected chi connectivity index (χ4v) is 5.59. The van der Waals surface area contributed by atoms with E-state index in [4.69, 9.17) is 4.74 Å². The number of halogens is 1. The van der Waals surface area contributed by atoms with Gasteiger partial charge in [0.25, 0.3) is 0 Å². The van der Waals surface area contributed by atoms with Crippen LogP contribution in [-0.4, -0.2) is 36.9 Å². The molecule has 27 heavy (non-hydrogen) atoms. The molecular formula is C20H25FN2O3S. The molecule has 0 N–H and O–H groups in total. The molecule has 146 valence electrons. The van der Waals surface area contributed by atoms with Crippen molar-refractivity contribution in [2.45, 2.75) is 44.0 Å². The molecule has 0 radical (unpaired) electrons. The number of nitrogens with zero attached hydrogens (tertiary/aromatic N) is 2. The summed E-state index contributed by atoms with van der Waals surface area (Å²) in [6.07, 6.45) is 3.49. The van der Waals surface area contributed by atoms with E-state index in [9.17, 15) is 12.8 Å². The molecule has 1 aliphatic heterocycles. The van der Waals surface area contributed by atoms with Gasteiger partial charge < -0.3 is 4.74 Å². The molecule has 0 amide bonds. The van der Waals surface area contributed by atoms with Gasteiger partial charge in [0.2, 0.25) is 15.9 Å². The minimum absolute atomic E-state index is 0.0650. The summed E-state index contributed by atoms with van der Waals surface area (Å²) < 4.78 is 46.7. The number of ether oxygens (including phenoxy) is 1. The summed E-state index contributed by atoms with van der Waals surface area (Å²) in [7, 11) is -3.55. The van der Waals surface area contributed by atoms with E-state index in [1.54, 1.807) is 22.5 Å². The standard InChI is InChI=1S/C20H25FN2O3S/c1-3-19-16(14-26-20-10-9-17(21)13-22-20)7-5-11-23(19)27(24,25)18-8-4-6-15(2)12-18/h4,6,8-10,12-13,16,19H,3,5,7,11,14H2,1-2H3/t16-,19?/m1/s1. The lowest BCUT2D eigenvalue weighted by molar-refractivity contribution is 0.115. The number of aromatic nitrogens is 1. The van der Waals surface area contributed by atoms with Crippen LogP contribution >= 0.6 is 0 Å². The Labute approximate surface area is 160 Å². The lowest BCUT2D eigenvalue weighted by atomic mass is 9.90. The molecule has 7 heteroatoms. The SMILES string of the molecule is CCC1[C@@H](COc2ccc(F)cn2)CCCN1S(=O)(=O)c1cccc(C)c1. The van der Waals surface area contributed by atoms with Crippen molar-refractivity contribution >= 4 is 10.0 Å². The highest BCUT2D eigenvalue weighted by Gasteiger charge is 2.38. The van der Waals surface area contributed by atoms with Gasteiger partial charge in [0.15, 0.2) is 0 Å². The number of aryl methyl sites for hydroxylation is 1. The topological polar surface area (TPSA) is 59.5 Å². The third kappa shape index (κ3) is 4.47. The highest BCUT2D eigenvalue weighted by Crippen LogP contribution is 2.31. The van der Waals surface area contributed by atoms with Crippen molar-refractivity contribution in [1.29, 1.82) is 0 Å². The predicted molar refractivity (Wildman–Crippen MR) is 102 cm³/mol. The molecule has 3 rings (SSSR count). The first-order valence-electron chi connectivity index (χ1n) is 9.24. The van der Waals surface area contributed by atoms with Gasteiger partial charge in [-0.05, 0) is 49.9 Å². The molecule has 1 aromatic heterocycles. The fraction of sp³-hybridized carbons (Fsp3) is 0.450. The van der Waals surface area contributed by atoms with Crippen molar-refractivity contribution in [3.05, 3.63) is 54.0 Å². The smallest absolute Gasteiger partial charge is 0.243 e. The van der Waals surface area contributed by atoms with Crippen molar-refractivity contribution in [3.63, 3.8) is 0 Å². The van der Waals surface area contributed by atoms with Crippen LogP contribution in [-0.2, 0) is 10.0 Å². The van der Waals surface area contributed by atoms with Crippen LogP contribution < -0.4 is 4.74 Å². The monoisotopic (exact) mass is 392 g/mol. The van der Waals surface area contributed by atoms with Crippen molar-refractivity contribution in [2.75, 3.05) is 13.2 Å². The van der Waals surface area contributed by atoms with Gasteiger partial charge >= 0.3 is 0 Å². The number of sulfonamides is 1. The van der Waals surface area contributed by atoms with Gasteiger partial charge in [0, 0.05) is 24.6 Å². The number of rotatable bonds is 6. The summed E-state index contributed by atoms with van der Waals surface area (Å²) in [6, 6.07) is 9.68. The highest BCUT2D eigenvalue weighted by atomic mass is 32.2. The summed E-state index contributed by atoms with van der Waals surface area (Å²) in [6.45, 7) is 4.76. The summed E-state index contributed by atoms with van der Waals surface area (Å²) in [4.78, 5) is 4.25. The average molecular weight is 392 g/mol. The molecule has 0 bridgehead atoms. The summed E-state index contributed by atoms with van der Waals surface area (Å²) in [5, 5.41) is 0. The Morgan fingerprint density at radius 2 is 2.11 bits per heavy atom. The number of piperidine rings is 1. The molecule has 0 aliphatic carbocycles. The van der Waals surface area contributed by atoms with Gasteiger partial charge in [-0.25, -0.2) is 17.8 Å². The van der Waals surface area contributed by atoms with Crippen LogP contribution in [0.15, 0.2) is 47.5 Å². The second-order valence-corrected chi connectivity index (χ2v) is 8.83. The molecule has 2 heterocycles. The van der Waals surface area contributed by atoms with Crippen molar-refractivity contribution in [3.8, 4) is 5.88 Å². The number of hydrogen-bond donors (Lipinski definition) is 0. The van der Waals surface area contributed by atoms with Gasteiger partial charge in [-0.3, -0.25) is 0 Å². The summed E-state index contributed by atoms with van der Waals surface area (Å²) >= 11 is 0. The van der Waals surface area contributed by atoms with Gasteiger partial charge in [-0.15, -0.1) is 0 Å². The minimum atomic E-state index is -3.55. The van der Waals surface area contributed by atoms with E-state index in [0.29, 0.717) is 30.3 Å². The Morgan fingerprint density at radius 1 is 1.30 bits per heavy atom. The van der Waals surface area contributed by atoms with Crippen molar-refractivity contribution in [2.24, 2.45) is 5.92 Å². The van der Waals surface area contributed by atoms with Crippen LogP contribution in [0.1, 0.15) is 31.7 Å². The molecule has 2 atom stereocenters. The molecule has 0 spiro atoms. The van der Waals surface area contributed by atoms with E-state index >= 15 is 0 Å². The van der Waals surface area contributed by atoms with Crippen molar-refractivity contribution in [1.82, 2.24) is 9.29 Å². The maximum absolute atomic E-state index is 13.2. The number of hydrogen-bond acceptors (Lipinski definition) is 4. The van der Waals surface area contributed by atoms with Crippen LogP contribution in [0.4, 0.5) is 4.39 Å². The third-order valence-electron chi connectivity index (χ3n) is 5.03. The molecule has 1 saturated heterocycles. The van der Waals surface area contributed by atoms with Crippen LogP contribution in [0.2, 0.25) is 0 Å². The lowest BCUT2D eigenvalue weighted by Gasteiger charge is -2.39. The Bertz CT molecular complexity index is 871. The quantitative estimate of drug-likeness (QED) is 0.751. The van der Waals surface area contributed by atoms with Crippen LogP contribution in [0.25, 0.3) is 0 Å². The zero-order valence-corrected chi connectivity index (χ0v) is 16.5. The van der Waals surface area contributed by atoms with E-state index in [1.165, 1.54) is 12.1 Å². The maximum atomic E-state index is 13.2. The lowest BCUT2D eigenvalue weighted by Crippen LogP contribution is -2.49. The van der Waals surface area contributed by atoms with E-state index in [2.05, 4.69) is 4.98 Å². The molecule has 5 nitrogen and oxygen atoms in total. The normalized spacial score (nSPS) is 21.1. The highest BCUT2D eigenvalue weighted by molar-refractivity contribution is 7.89. The first-order valence-corrected chi connectivity index (χ1v) is 10.7. The largest absolute Gasteiger partial charge is 0.477 e. The van der Waals surface area contributed by atoms with Crippen LogP contribution in [0, 0.1) is 18.7 Å². The van der Waals surface area contributed by atoms with E-state index in [-0.39, 0.29) is 12.0 Å². The van der Waals surface area contributed by atoms with Crippen LogP contribution in [0.5, 0.6) is 5.88 Å². The average Bonchev–Trinajstić information content (AvgIpc) is 2.67. The molecule has 1 aliphatic rings. The Morgan fingerprint density at radius 3 is 2.78 bits per heavy atom. The molecule has 2 aromatic rings. The Hall–Kier alpha value is -1.99. The number of benzene rings is 1. The van der Waals surface area contributed by atoms with Gasteiger partial charge in [0.05, 0.1) is 17.7 Å². The Kier molecular flexibility index (Phi) is 6.11. The molecular weight excluding hydrogens is 367 g/mol. The zero-order chi connectivity index (χ0) is 19.4. The minimum Gasteiger partial charge on any atom is -0.477 e. The number of pyridine rings is 1.